The van der Waals surface area contributed by atoms with Crippen molar-refractivity contribution in [3.63, 3.8) is 0 Å². The molecule has 130 valence electrons. The zero-order valence-electron chi connectivity index (χ0n) is 14.8. The van der Waals surface area contributed by atoms with Crippen molar-refractivity contribution in [3.05, 3.63) is 30.1 Å². The number of carbonyl (C=O) groups is 1. The lowest BCUT2D eigenvalue weighted by Gasteiger charge is -2.36. The molecule has 1 aliphatic rings. The van der Waals surface area contributed by atoms with Crippen LogP contribution in [-0.4, -0.2) is 44.7 Å². The Balaban J connectivity index is 1.95. The number of piperidine rings is 1. The number of rotatable bonds is 5. The first-order valence-electron chi connectivity index (χ1n) is 8.96. The number of imidazole rings is 1. The Morgan fingerprint density at radius 3 is 2.79 bits per heavy atom. The van der Waals surface area contributed by atoms with Gasteiger partial charge in [0.25, 0.3) is 0 Å². The van der Waals surface area contributed by atoms with Crippen LogP contribution in [0.2, 0.25) is 0 Å². The van der Waals surface area contributed by atoms with Gasteiger partial charge in [-0.2, -0.15) is 0 Å². The summed E-state index contributed by atoms with van der Waals surface area (Å²) in [5, 5.41) is 9.48. The summed E-state index contributed by atoms with van der Waals surface area (Å²) in [5.41, 5.74) is 2.20. The van der Waals surface area contributed by atoms with Crippen molar-refractivity contribution in [3.8, 4) is 0 Å². The van der Waals surface area contributed by atoms with Crippen molar-refractivity contribution in [1.29, 1.82) is 0 Å². The second-order valence-electron chi connectivity index (χ2n) is 7.02. The standard InChI is InChI=1S/C19H27N3O2/c1-4-16(19(23)24)21-11-7-8-14(12-21)18-20-15-9-5-6-10-17(15)22(18)13(2)3/h5-6,9-10,13-14,16H,4,7-8,11-12H2,1-3H3,(H,23,24)/t14-,16-/m1/s1. The zero-order valence-corrected chi connectivity index (χ0v) is 14.8. The van der Waals surface area contributed by atoms with Crippen molar-refractivity contribution in [2.45, 2.75) is 58.0 Å². The number of hydrogen-bond acceptors (Lipinski definition) is 3. The van der Waals surface area contributed by atoms with Gasteiger partial charge in [-0.15, -0.1) is 0 Å². The Morgan fingerprint density at radius 2 is 2.12 bits per heavy atom. The van der Waals surface area contributed by atoms with Crippen molar-refractivity contribution >= 4 is 17.0 Å². The van der Waals surface area contributed by atoms with E-state index in [2.05, 4.69) is 41.5 Å². The number of fused-ring (bicyclic) bond motifs is 1. The molecule has 2 aromatic rings. The van der Waals surface area contributed by atoms with Gasteiger partial charge >= 0.3 is 5.97 Å². The number of aromatic nitrogens is 2. The van der Waals surface area contributed by atoms with Gasteiger partial charge < -0.3 is 9.67 Å². The highest BCUT2D eigenvalue weighted by atomic mass is 16.4. The second-order valence-corrected chi connectivity index (χ2v) is 7.02. The number of hydrogen-bond donors (Lipinski definition) is 1. The smallest absolute Gasteiger partial charge is 0.320 e. The molecule has 2 heterocycles. The third kappa shape index (κ3) is 3.05. The van der Waals surface area contributed by atoms with E-state index in [0.29, 0.717) is 18.4 Å². The van der Waals surface area contributed by atoms with Gasteiger partial charge in [0.05, 0.1) is 11.0 Å². The fourth-order valence-electron chi connectivity index (χ4n) is 3.98. The van der Waals surface area contributed by atoms with E-state index in [4.69, 9.17) is 4.98 Å². The van der Waals surface area contributed by atoms with Gasteiger partial charge in [-0.1, -0.05) is 19.1 Å². The molecule has 0 spiro atoms. The molecule has 5 nitrogen and oxygen atoms in total. The van der Waals surface area contributed by atoms with Gasteiger partial charge in [-0.25, -0.2) is 4.98 Å². The van der Waals surface area contributed by atoms with Crippen molar-refractivity contribution in [2.24, 2.45) is 0 Å². The maximum atomic E-state index is 11.5. The van der Waals surface area contributed by atoms with Crippen molar-refractivity contribution in [2.75, 3.05) is 13.1 Å². The van der Waals surface area contributed by atoms with E-state index >= 15 is 0 Å². The molecule has 1 aromatic heterocycles. The molecular formula is C19H27N3O2. The minimum absolute atomic E-state index is 0.293. The summed E-state index contributed by atoms with van der Waals surface area (Å²) in [5.74, 6) is 0.689. The average molecular weight is 329 g/mol. The molecule has 1 N–H and O–H groups in total. The number of likely N-dealkylation sites (tertiary alicyclic amines) is 1. The lowest BCUT2D eigenvalue weighted by atomic mass is 9.95. The van der Waals surface area contributed by atoms with Crippen LogP contribution in [-0.2, 0) is 4.79 Å². The summed E-state index contributed by atoms with van der Waals surface area (Å²) in [6.45, 7) is 7.96. The molecule has 3 rings (SSSR count). The molecule has 5 heteroatoms. The molecule has 0 amide bonds. The molecule has 1 saturated heterocycles. The number of benzene rings is 1. The topological polar surface area (TPSA) is 58.4 Å². The molecule has 0 unspecified atom stereocenters. The average Bonchev–Trinajstić information content (AvgIpc) is 2.95. The number of carboxylic acids is 1. The van der Waals surface area contributed by atoms with Gasteiger partial charge in [0.15, 0.2) is 0 Å². The highest BCUT2D eigenvalue weighted by molar-refractivity contribution is 5.76. The second kappa shape index (κ2) is 6.93. The fourth-order valence-corrected chi connectivity index (χ4v) is 3.98. The van der Waals surface area contributed by atoms with Crippen LogP contribution in [0.3, 0.4) is 0 Å². The Labute approximate surface area is 143 Å². The van der Waals surface area contributed by atoms with E-state index in [-0.39, 0.29) is 6.04 Å². The molecule has 2 atom stereocenters. The van der Waals surface area contributed by atoms with E-state index in [9.17, 15) is 9.90 Å². The Bertz CT molecular complexity index is 722. The molecule has 1 aliphatic heterocycles. The van der Waals surface area contributed by atoms with Crippen LogP contribution >= 0.6 is 0 Å². The highest BCUT2D eigenvalue weighted by Gasteiger charge is 2.32. The molecular weight excluding hydrogens is 302 g/mol. The summed E-state index contributed by atoms with van der Waals surface area (Å²) in [6.07, 6.45) is 2.74. The third-order valence-electron chi connectivity index (χ3n) is 5.07. The quantitative estimate of drug-likeness (QED) is 0.909. The maximum absolute atomic E-state index is 11.5. The lowest BCUT2D eigenvalue weighted by Crippen LogP contribution is -2.46. The minimum Gasteiger partial charge on any atom is -0.480 e. The summed E-state index contributed by atoms with van der Waals surface area (Å²) in [6, 6.07) is 8.21. The van der Waals surface area contributed by atoms with Gasteiger partial charge in [-0.3, -0.25) is 9.69 Å². The van der Waals surface area contributed by atoms with E-state index in [1.54, 1.807) is 0 Å². The minimum atomic E-state index is -0.712. The Morgan fingerprint density at radius 1 is 1.38 bits per heavy atom. The summed E-state index contributed by atoms with van der Waals surface area (Å²) in [4.78, 5) is 18.6. The van der Waals surface area contributed by atoms with Crippen LogP contribution in [0.15, 0.2) is 24.3 Å². The first kappa shape index (κ1) is 17.0. The molecule has 0 saturated carbocycles. The Hall–Kier alpha value is -1.88. The van der Waals surface area contributed by atoms with Gasteiger partial charge in [0.1, 0.15) is 11.9 Å². The number of carboxylic acid groups (broad SMARTS) is 1. The van der Waals surface area contributed by atoms with E-state index in [0.717, 1.165) is 37.3 Å². The molecule has 1 aromatic carbocycles. The van der Waals surface area contributed by atoms with Crippen LogP contribution in [0, 0.1) is 0 Å². The predicted octanol–water partition coefficient (Wildman–Crippen LogP) is 3.66. The predicted molar refractivity (Wildman–Crippen MR) is 95.4 cm³/mol. The van der Waals surface area contributed by atoms with Crippen LogP contribution in [0.4, 0.5) is 0 Å². The Kier molecular flexibility index (Phi) is 4.90. The van der Waals surface area contributed by atoms with Crippen molar-refractivity contribution in [1.82, 2.24) is 14.5 Å². The fraction of sp³-hybridized carbons (Fsp3) is 0.579. The summed E-state index contributed by atoms with van der Waals surface area (Å²) in [7, 11) is 0. The molecule has 0 radical (unpaired) electrons. The maximum Gasteiger partial charge on any atom is 0.320 e. The van der Waals surface area contributed by atoms with E-state index in [1.807, 2.05) is 13.0 Å². The first-order valence-corrected chi connectivity index (χ1v) is 8.96. The largest absolute Gasteiger partial charge is 0.480 e. The SMILES string of the molecule is CC[C@H](C(=O)O)N1CCC[C@@H](c2nc3ccccc3n2C(C)C)C1. The molecule has 24 heavy (non-hydrogen) atoms. The van der Waals surface area contributed by atoms with Crippen LogP contribution < -0.4 is 0 Å². The zero-order chi connectivity index (χ0) is 17.3. The number of para-hydroxylation sites is 2. The number of nitrogens with zero attached hydrogens (tertiary/aromatic N) is 3. The van der Waals surface area contributed by atoms with Crippen LogP contribution in [0.1, 0.15) is 57.8 Å². The van der Waals surface area contributed by atoms with Crippen LogP contribution in [0.25, 0.3) is 11.0 Å². The van der Waals surface area contributed by atoms with E-state index < -0.39 is 5.97 Å². The monoisotopic (exact) mass is 329 g/mol. The van der Waals surface area contributed by atoms with Gasteiger partial charge in [0.2, 0.25) is 0 Å². The molecule has 1 fully saturated rings. The summed E-state index contributed by atoms with van der Waals surface area (Å²) >= 11 is 0. The highest BCUT2D eigenvalue weighted by Crippen LogP contribution is 2.32. The van der Waals surface area contributed by atoms with Gasteiger partial charge in [0, 0.05) is 18.5 Å². The third-order valence-corrected chi connectivity index (χ3v) is 5.07. The molecule has 0 aliphatic carbocycles. The number of aliphatic carboxylic acids is 1. The van der Waals surface area contributed by atoms with Gasteiger partial charge in [-0.05, 0) is 51.8 Å². The lowest BCUT2D eigenvalue weighted by molar-refractivity contribution is -0.144. The normalized spacial score (nSPS) is 20.6. The molecule has 0 bridgehead atoms. The van der Waals surface area contributed by atoms with Crippen LogP contribution in [0.5, 0.6) is 0 Å². The van der Waals surface area contributed by atoms with Crippen molar-refractivity contribution < 1.29 is 9.90 Å². The van der Waals surface area contributed by atoms with E-state index in [1.165, 1.54) is 5.52 Å². The summed E-state index contributed by atoms with van der Waals surface area (Å²) < 4.78 is 2.32. The first-order chi connectivity index (χ1) is 11.5.